The number of likely N-dealkylation sites (N-methyl/N-ethyl adjacent to an activating group) is 1. The molecule has 2 fully saturated rings. The van der Waals surface area contributed by atoms with Crippen LogP contribution < -0.4 is 5.73 Å². The molecule has 3 nitrogen and oxygen atoms in total. The lowest BCUT2D eigenvalue weighted by molar-refractivity contribution is -0.0118. The molecule has 1 unspecified atom stereocenters. The third-order valence-corrected chi connectivity index (χ3v) is 4.34. The summed E-state index contributed by atoms with van der Waals surface area (Å²) in [4.78, 5) is 5.14. The molecule has 0 saturated carbocycles. The van der Waals surface area contributed by atoms with Crippen molar-refractivity contribution in [2.45, 2.75) is 37.5 Å². The quantitative estimate of drug-likeness (QED) is 0.852. The fraction of sp³-hybridized carbons (Fsp3) is 0.600. The van der Waals surface area contributed by atoms with Crippen LogP contribution in [-0.2, 0) is 6.54 Å². The molecule has 2 bridgehead atoms. The molecule has 0 aliphatic carbocycles. The van der Waals surface area contributed by atoms with E-state index in [9.17, 15) is 0 Å². The first-order chi connectivity index (χ1) is 8.72. The molecule has 0 aromatic heterocycles. The average Bonchev–Trinajstić information content (AvgIpc) is 2.32. The number of piperazine rings is 1. The van der Waals surface area contributed by atoms with Crippen LogP contribution in [0.2, 0.25) is 0 Å². The van der Waals surface area contributed by atoms with E-state index in [-0.39, 0.29) is 0 Å². The predicted octanol–water partition coefficient (Wildman–Crippen LogP) is 1.29. The van der Waals surface area contributed by atoms with E-state index in [0.29, 0.717) is 18.1 Å². The topological polar surface area (TPSA) is 32.5 Å². The van der Waals surface area contributed by atoms with Crippen molar-refractivity contribution in [2.75, 3.05) is 20.1 Å². The average molecular weight is 245 g/mol. The molecule has 1 aromatic carbocycles. The molecule has 0 spiro atoms. The zero-order chi connectivity index (χ0) is 12.5. The highest BCUT2D eigenvalue weighted by Crippen LogP contribution is 2.29. The van der Waals surface area contributed by atoms with Gasteiger partial charge in [0.2, 0.25) is 0 Å². The van der Waals surface area contributed by atoms with Crippen molar-refractivity contribution in [3.8, 4) is 0 Å². The van der Waals surface area contributed by atoms with E-state index in [1.54, 1.807) is 0 Å². The Labute approximate surface area is 110 Å². The summed E-state index contributed by atoms with van der Waals surface area (Å²) in [6, 6.07) is 12.5. The van der Waals surface area contributed by atoms with Crippen molar-refractivity contribution >= 4 is 0 Å². The van der Waals surface area contributed by atoms with E-state index in [1.807, 2.05) is 0 Å². The Morgan fingerprint density at radius 2 is 1.72 bits per heavy atom. The lowest BCUT2D eigenvalue weighted by atomic mass is 9.87. The van der Waals surface area contributed by atoms with Crippen LogP contribution in [0.1, 0.15) is 18.4 Å². The van der Waals surface area contributed by atoms with Crippen molar-refractivity contribution in [1.29, 1.82) is 0 Å². The smallest absolute Gasteiger partial charge is 0.0244 e. The van der Waals surface area contributed by atoms with Crippen LogP contribution in [0.5, 0.6) is 0 Å². The Kier molecular flexibility index (Phi) is 3.37. The van der Waals surface area contributed by atoms with E-state index in [2.05, 4.69) is 47.2 Å². The van der Waals surface area contributed by atoms with Gasteiger partial charge in [0, 0.05) is 37.8 Å². The molecule has 3 atom stereocenters. The monoisotopic (exact) mass is 245 g/mol. The summed E-state index contributed by atoms with van der Waals surface area (Å²) in [6.45, 7) is 3.41. The van der Waals surface area contributed by atoms with Crippen molar-refractivity contribution in [1.82, 2.24) is 9.80 Å². The van der Waals surface area contributed by atoms with Gasteiger partial charge in [-0.25, -0.2) is 0 Å². The van der Waals surface area contributed by atoms with E-state index in [4.69, 9.17) is 5.73 Å². The summed E-state index contributed by atoms with van der Waals surface area (Å²) in [6.07, 6.45) is 2.29. The minimum Gasteiger partial charge on any atom is -0.328 e. The highest BCUT2D eigenvalue weighted by molar-refractivity contribution is 5.15. The third-order valence-electron chi connectivity index (χ3n) is 4.34. The largest absolute Gasteiger partial charge is 0.328 e. The molecule has 2 N–H and O–H groups in total. The van der Waals surface area contributed by atoms with Gasteiger partial charge in [0.1, 0.15) is 0 Å². The van der Waals surface area contributed by atoms with Gasteiger partial charge in [0.15, 0.2) is 0 Å². The van der Waals surface area contributed by atoms with Crippen LogP contribution >= 0.6 is 0 Å². The maximum atomic E-state index is 6.18. The summed E-state index contributed by atoms with van der Waals surface area (Å²) in [5, 5.41) is 0. The Morgan fingerprint density at radius 1 is 1.11 bits per heavy atom. The zero-order valence-electron chi connectivity index (χ0n) is 11.1. The standard InChI is InChI=1S/C15H23N3/c1-17-10-14-7-13(16)8-15(11-17)18(14)9-12-5-3-2-4-6-12/h2-6,13-15H,7-11,16H2,1H3/t13?,14-,15+. The number of benzene rings is 1. The molecule has 2 saturated heterocycles. The molecule has 2 heterocycles. The number of nitrogens with two attached hydrogens (primary N) is 1. The molecule has 18 heavy (non-hydrogen) atoms. The van der Waals surface area contributed by atoms with Crippen LogP contribution in [0, 0.1) is 0 Å². The summed E-state index contributed by atoms with van der Waals surface area (Å²) >= 11 is 0. The van der Waals surface area contributed by atoms with Gasteiger partial charge in [0.05, 0.1) is 0 Å². The SMILES string of the molecule is CN1C[C@H]2CC(N)C[C@@H](C1)N2Cc1ccccc1. The predicted molar refractivity (Wildman–Crippen MR) is 74.3 cm³/mol. The second-order valence-corrected chi connectivity index (χ2v) is 5.92. The van der Waals surface area contributed by atoms with Crippen molar-refractivity contribution in [3.63, 3.8) is 0 Å². The van der Waals surface area contributed by atoms with Crippen molar-refractivity contribution < 1.29 is 0 Å². The lowest BCUT2D eigenvalue weighted by Crippen LogP contribution is -2.63. The number of fused-ring (bicyclic) bond motifs is 2. The Hall–Kier alpha value is -0.900. The van der Waals surface area contributed by atoms with Gasteiger partial charge < -0.3 is 10.6 Å². The first-order valence-corrected chi connectivity index (χ1v) is 6.96. The van der Waals surface area contributed by atoms with Crippen LogP contribution in [0.15, 0.2) is 30.3 Å². The van der Waals surface area contributed by atoms with Crippen molar-refractivity contribution in [3.05, 3.63) is 35.9 Å². The van der Waals surface area contributed by atoms with Crippen LogP contribution in [0.3, 0.4) is 0 Å². The number of piperidine rings is 1. The van der Waals surface area contributed by atoms with Crippen LogP contribution in [0.4, 0.5) is 0 Å². The molecular formula is C15H23N3. The Morgan fingerprint density at radius 3 is 2.33 bits per heavy atom. The minimum atomic E-state index is 0.403. The molecule has 0 amide bonds. The van der Waals surface area contributed by atoms with E-state index in [1.165, 1.54) is 5.56 Å². The first-order valence-electron chi connectivity index (χ1n) is 6.96. The Balaban J connectivity index is 1.75. The maximum Gasteiger partial charge on any atom is 0.0244 e. The number of nitrogens with zero attached hydrogens (tertiary/aromatic N) is 2. The van der Waals surface area contributed by atoms with Gasteiger partial charge in [0.25, 0.3) is 0 Å². The third kappa shape index (κ3) is 2.44. The fourth-order valence-corrected chi connectivity index (χ4v) is 3.57. The number of hydrogen-bond acceptors (Lipinski definition) is 3. The van der Waals surface area contributed by atoms with E-state index >= 15 is 0 Å². The van der Waals surface area contributed by atoms with Gasteiger partial charge >= 0.3 is 0 Å². The van der Waals surface area contributed by atoms with Crippen LogP contribution in [0.25, 0.3) is 0 Å². The van der Waals surface area contributed by atoms with Gasteiger partial charge in [-0.1, -0.05) is 30.3 Å². The first kappa shape index (κ1) is 12.2. The maximum absolute atomic E-state index is 6.18. The van der Waals surface area contributed by atoms with Crippen LogP contribution in [-0.4, -0.2) is 48.1 Å². The van der Waals surface area contributed by atoms with Gasteiger partial charge in [-0.15, -0.1) is 0 Å². The lowest BCUT2D eigenvalue weighted by Gasteiger charge is -2.51. The van der Waals surface area contributed by atoms with Gasteiger partial charge in [-0.05, 0) is 25.5 Å². The number of hydrogen-bond donors (Lipinski definition) is 1. The van der Waals surface area contributed by atoms with E-state index in [0.717, 1.165) is 32.5 Å². The highest BCUT2D eigenvalue weighted by atomic mass is 15.3. The second-order valence-electron chi connectivity index (χ2n) is 5.92. The molecule has 2 aliphatic heterocycles. The summed E-state index contributed by atoms with van der Waals surface area (Å²) in [5.74, 6) is 0. The highest BCUT2D eigenvalue weighted by Gasteiger charge is 2.38. The molecule has 98 valence electrons. The molecule has 3 rings (SSSR count). The van der Waals surface area contributed by atoms with Gasteiger partial charge in [-0.3, -0.25) is 4.90 Å². The molecular weight excluding hydrogens is 222 g/mol. The molecule has 0 radical (unpaired) electrons. The summed E-state index contributed by atoms with van der Waals surface area (Å²) < 4.78 is 0. The molecule has 1 aromatic rings. The van der Waals surface area contributed by atoms with Gasteiger partial charge in [-0.2, -0.15) is 0 Å². The minimum absolute atomic E-state index is 0.403. The molecule has 2 aliphatic rings. The number of rotatable bonds is 2. The van der Waals surface area contributed by atoms with Crippen molar-refractivity contribution in [2.24, 2.45) is 5.73 Å². The summed E-state index contributed by atoms with van der Waals surface area (Å²) in [5.41, 5.74) is 7.60. The normalized spacial score (nSPS) is 33.6. The Bertz CT molecular complexity index is 362. The molecule has 3 heteroatoms. The fourth-order valence-electron chi connectivity index (χ4n) is 3.57. The number of likely N-dealkylation sites (tertiary alicyclic amines) is 1. The summed E-state index contributed by atoms with van der Waals surface area (Å²) in [7, 11) is 2.23. The zero-order valence-corrected chi connectivity index (χ0v) is 11.1. The van der Waals surface area contributed by atoms with E-state index < -0.39 is 0 Å². The second kappa shape index (κ2) is 5.00.